The van der Waals surface area contributed by atoms with E-state index in [1.807, 2.05) is 0 Å². The molecule has 0 spiro atoms. The zero-order valence-corrected chi connectivity index (χ0v) is 9.69. The molecular weight excluding hydrogens is 259 g/mol. The highest BCUT2D eigenvalue weighted by Crippen LogP contribution is 2.33. The minimum absolute atomic E-state index is 0.174. The first kappa shape index (κ1) is 11.0. The fraction of sp³-hybridized carbons (Fsp3) is 0. The van der Waals surface area contributed by atoms with E-state index in [0.29, 0.717) is 17.0 Å². The summed E-state index contributed by atoms with van der Waals surface area (Å²) < 4.78 is 12.6. The fourth-order valence-electron chi connectivity index (χ4n) is 1.60. The number of imidazole rings is 1. The van der Waals surface area contributed by atoms with Crippen molar-refractivity contribution in [3.8, 4) is 11.4 Å². The number of pyridine rings is 1. The van der Waals surface area contributed by atoms with E-state index >= 15 is 0 Å². The number of tetrazole rings is 1. The number of rotatable bonds is 2. The maximum Gasteiger partial charge on any atom is 0.374 e. The number of aromatic nitrogens is 6. The number of nitrogens with zero attached hydrogens (tertiary/aromatic N) is 5. The lowest BCUT2D eigenvalue weighted by molar-refractivity contribution is 0.386. The lowest BCUT2D eigenvalue weighted by Gasteiger charge is -2.04. The quantitative estimate of drug-likeness (QED) is 0.524. The Morgan fingerprint density at radius 2 is 2.17 bits per heavy atom. The van der Waals surface area contributed by atoms with Crippen LogP contribution >= 0.6 is 7.60 Å². The van der Waals surface area contributed by atoms with Gasteiger partial charge in [0.2, 0.25) is 0 Å². The topological polar surface area (TPSA) is 129 Å². The Morgan fingerprint density at radius 3 is 2.83 bits per heavy atom. The van der Waals surface area contributed by atoms with Gasteiger partial charge in [-0.1, -0.05) is 0 Å². The van der Waals surface area contributed by atoms with Crippen LogP contribution in [0.2, 0.25) is 0 Å². The van der Waals surface area contributed by atoms with Crippen LogP contribution in [0.1, 0.15) is 0 Å². The van der Waals surface area contributed by atoms with Gasteiger partial charge in [-0.25, -0.2) is 10.1 Å². The minimum Gasteiger partial charge on any atom is -0.320 e. The van der Waals surface area contributed by atoms with Gasteiger partial charge in [-0.15, -0.1) is 5.10 Å². The van der Waals surface area contributed by atoms with Gasteiger partial charge < -0.3 is 9.79 Å². The molecule has 3 aromatic rings. The molecule has 3 rings (SSSR count). The second-order valence-corrected chi connectivity index (χ2v) is 5.10. The van der Waals surface area contributed by atoms with E-state index in [0.717, 1.165) is 6.20 Å². The van der Waals surface area contributed by atoms with Crippen LogP contribution in [0, 0.1) is 0 Å². The van der Waals surface area contributed by atoms with Gasteiger partial charge >= 0.3 is 7.60 Å². The Morgan fingerprint density at radius 1 is 1.33 bits per heavy atom. The fourth-order valence-corrected chi connectivity index (χ4v) is 2.25. The third kappa shape index (κ3) is 1.70. The lowest BCUT2D eigenvalue weighted by Crippen LogP contribution is -2.10. The molecule has 0 amide bonds. The van der Waals surface area contributed by atoms with Crippen molar-refractivity contribution in [2.75, 3.05) is 0 Å². The Kier molecular flexibility index (Phi) is 2.27. The number of hydrogen-bond donors (Lipinski definition) is 3. The first-order valence-electron chi connectivity index (χ1n) is 4.83. The Hall–Kier alpha value is -2.09. The van der Waals surface area contributed by atoms with Crippen LogP contribution in [0.3, 0.4) is 0 Å². The van der Waals surface area contributed by atoms with E-state index in [1.54, 1.807) is 12.1 Å². The molecule has 3 heterocycles. The highest BCUT2D eigenvalue weighted by atomic mass is 31.2. The van der Waals surface area contributed by atoms with Crippen LogP contribution in [-0.2, 0) is 4.57 Å². The number of aromatic amines is 1. The summed E-state index contributed by atoms with van der Waals surface area (Å²) in [5.74, 6) is 0.405. The maximum absolute atomic E-state index is 11.3. The maximum atomic E-state index is 11.3. The normalized spacial score (nSPS) is 12.1. The van der Waals surface area contributed by atoms with E-state index < -0.39 is 7.60 Å². The summed E-state index contributed by atoms with van der Waals surface area (Å²) in [7, 11) is -4.37. The van der Waals surface area contributed by atoms with Gasteiger partial charge in [-0.05, 0) is 22.6 Å². The van der Waals surface area contributed by atoms with Gasteiger partial charge in [0.25, 0.3) is 0 Å². The molecule has 3 N–H and O–H groups in total. The second-order valence-electron chi connectivity index (χ2n) is 3.56. The molecule has 9 nitrogen and oxygen atoms in total. The summed E-state index contributed by atoms with van der Waals surface area (Å²) >= 11 is 0. The lowest BCUT2D eigenvalue weighted by atomic mass is 10.3. The van der Waals surface area contributed by atoms with Crippen LogP contribution in [0.15, 0.2) is 24.5 Å². The van der Waals surface area contributed by atoms with Crippen LogP contribution in [0.5, 0.6) is 0 Å². The molecule has 0 unspecified atom stereocenters. The van der Waals surface area contributed by atoms with Gasteiger partial charge in [0.15, 0.2) is 11.3 Å². The zero-order chi connectivity index (χ0) is 12.8. The number of fused-ring (bicyclic) bond motifs is 1. The zero-order valence-electron chi connectivity index (χ0n) is 8.80. The Labute approximate surface area is 99.7 Å². The summed E-state index contributed by atoms with van der Waals surface area (Å²) in [6.07, 6.45) is 2.66. The highest BCUT2D eigenvalue weighted by molar-refractivity contribution is 7.60. The second kappa shape index (κ2) is 3.70. The van der Waals surface area contributed by atoms with Gasteiger partial charge in [0.05, 0.1) is 6.20 Å². The van der Waals surface area contributed by atoms with Crippen LogP contribution in [0.25, 0.3) is 17.0 Å². The minimum atomic E-state index is -4.37. The first-order valence-corrected chi connectivity index (χ1v) is 6.44. The van der Waals surface area contributed by atoms with E-state index in [9.17, 15) is 14.4 Å². The average molecular weight is 266 g/mol. The van der Waals surface area contributed by atoms with Crippen LogP contribution < -0.4 is 5.44 Å². The molecule has 92 valence electrons. The molecule has 3 aromatic heterocycles. The van der Waals surface area contributed by atoms with E-state index in [-0.39, 0.29) is 5.44 Å². The van der Waals surface area contributed by atoms with Crippen molar-refractivity contribution in [3.63, 3.8) is 0 Å². The largest absolute Gasteiger partial charge is 0.374 e. The summed E-state index contributed by atoms with van der Waals surface area (Å²) in [6, 6.07) is 3.32. The standard InChI is InChI=1S/C8H7N6O3P/c15-18(16,17)7-3-9-6-2-1-5(4-14(6)7)8-10-12-13-11-8/h1-4H,(H2,15,16,17)(H,10,11,12,13). The van der Waals surface area contributed by atoms with Crippen molar-refractivity contribution in [1.82, 2.24) is 30.0 Å². The third-order valence-electron chi connectivity index (χ3n) is 2.40. The van der Waals surface area contributed by atoms with Gasteiger partial charge in [-0.2, -0.15) is 0 Å². The predicted octanol–water partition coefficient (Wildman–Crippen LogP) is -0.683. The van der Waals surface area contributed by atoms with E-state index in [1.165, 1.54) is 10.6 Å². The highest BCUT2D eigenvalue weighted by Gasteiger charge is 2.22. The molecule has 0 radical (unpaired) electrons. The molecule has 0 fully saturated rings. The molecule has 0 saturated carbocycles. The molecular formula is C8H7N6O3P. The van der Waals surface area contributed by atoms with Crippen LogP contribution in [-0.4, -0.2) is 39.8 Å². The number of H-pyrrole nitrogens is 1. The van der Waals surface area contributed by atoms with Crippen molar-refractivity contribution in [2.45, 2.75) is 0 Å². The van der Waals surface area contributed by atoms with Gasteiger partial charge in [0, 0.05) is 11.8 Å². The summed E-state index contributed by atoms with van der Waals surface area (Å²) in [4.78, 5) is 22.3. The smallest absolute Gasteiger partial charge is 0.320 e. The third-order valence-corrected chi connectivity index (χ3v) is 3.33. The molecule has 0 atom stereocenters. The average Bonchev–Trinajstić information content (AvgIpc) is 2.96. The molecule has 0 bridgehead atoms. The first-order chi connectivity index (χ1) is 8.55. The molecule has 10 heteroatoms. The molecule has 0 aliphatic heterocycles. The summed E-state index contributed by atoms with van der Waals surface area (Å²) in [5, 5.41) is 13.2. The molecule has 0 aliphatic carbocycles. The van der Waals surface area contributed by atoms with E-state index in [2.05, 4.69) is 25.6 Å². The van der Waals surface area contributed by atoms with Crippen molar-refractivity contribution in [2.24, 2.45) is 0 Å². The molecule has 18 heavy (non-hydrogen) atoms. The predicted molar refractivity (Wildman–Crippen MR) is 60.0 cm³/mol. The number of nitrogens with one attached hydrogen (secondary N) is 1. The molecule has 0 saturated heterocycles. The van der Waals surface area contributed by atoms with Gasteiger partial charge in [-0.3, -0.25) is 8.97 Å². The molecule has 0 aromatic carbocycles. The Balaban J connectivity index is 2.25. The SMILES string of the molecule is O=P(O)(O)c1cnc2ccc(-c3nnn[nH]3)cn12. The van der Waals surface area contributed by atoms with Crippen molar-refractivity contribution < 1.29 is 14.4 Å². The van der Waals surface area contributed by atoms with Crippen molar-refractivity contribution in [1.29, 1.82) is 0 Å². The van der Waals surface area contributed by atoms with Crippen LogP contribution in [0.4, 0.5) is 0 Å². The Bertz CT molecular complexity index is 745. The summed E-state index contributed by atoms with van der Waals surface area (Å²) in [5.41, 5.74) is 0.858. The van der Waals surface area contributed by atoms with E-state index in [4.69, 9.17) is 0 Å². The van der Waals surface area contributed by atoms with Crippen molar-refractivity contribution in [3.05, 3.63) is 24.5 Å². The summed E-state index contributed by atoms with van der Waals surface area (Å²) in [6.45, 7) is 0. The molecule has 0 aliphatic rings. The number of hydrogen-bond acceptors (Lipinski definition) is 5. The van der Waals surface area contributed by atoms with Crippen molar-refractivity contribution >= 4 is 18.7 Å². The van der Waals surface area contributed by atoms with Gasteiger partial charge in [0.1, 0.15) is 5.65 Å². The monoisotopic (exact) mass is 266 g/mol.